The molecule has 1 N–H and O–H groups in total. The number of hydrogen-bond acceptors (Lipinski definition) is 2. The second-order valence-corrected chi connectivity index (χ2v) is 6.06. The Balaban J connectivity index is 2.24. The standard InChI is InChI=1S/C13H14Br2N2O/c1-8-5-10(17(2)16-8)7-13(18)11-6-9(14)3-4-12(11)15/h3-6,13,18H,7H2,1-2H3. The average Bonchev–Trinajstić information content (AvgIpc) is 2.61. The lowest BCUT2D eigenvalue weighted by molar-refractivity contribution is 0.175. The van der Waals surface area contributed by atoms with E-state index in [1.807, 2.05) is 42.9 Å². The number of benzene rings is 1. The van der Waals surface area contributed by atoms with Crippen LogP contribution in [0.1, 0.15) is 23.1 Å². The Hall–Kier alpha value is -0.650. The summed E-state index contributed by atoms with van der Waals surface area (Å²) in [6.07, 6.45) is -0.00137. The third kappa shape index (κ3) is 3.02. The maximum Gasteiger partial charge on any atom is 0.0856 e. The second kappa shape index (κ2) is 5.55. The van der Waals surface area contributed by atoms with Gasteiger partial charge in [0, 0.05) is 28.1 Å². The molecule has 2 rings (SSSR count). The molecular weight excluding hydrogens is 360 g/mol. The number of rotatable bonds is 3. The van der Waals surface area contributed by atoms with Crippen LogP contribution in [0.4, 0.5) is 0 Å². The molecule has 5 heteroatoms. The quantitative estimate of drug-likeness (QED) is 0.893. The Morgan fingerprint density at radius 1 is 1.33 bits per heavy atom. The molecule has 0 saturated carbocycles. The molecular formula is C13H14Br2N2O. The summed E-state index contributed by atoms with van der Waals surface area (Å²) in [6.45, 7) is 1.95. The molecule has 0 bridgehead atoms. The summed E-state index contributed by atoms with van der Waals surface area (Å²) >= 11 is 6.88. The Labute approximate surface area is 123 Å². The molecule has 1 heterocycles. The fraction of sp³-hybridized carbons (Fsp3) is 0.308. The van der Waals surface area contributed by atoms with Gasteiger partial charge in [-0.3, -0.25) is 4.68 Å². The molecule has 0 amide bonds. The summed E-state index contributed by atoms with van der Waals surface area (Å²) in [5.41, 5.74) is 2.86. The van der Waals surface area contributed by atoms with Crippen LogP contribution in [0.3, 0.4) is 0 Å². The first-order valence-electron chi connectivity index (χ1n) is 5.60. The lowest BCUT2D eigenvalue weighted by Gasteiger charge is -2.13. The van der Waals surface area contributed by atoms with E-state index in [4.69, 9.17) is 0 Å². The zero-order valence-electron chi connectivity index (χ0n) is 10.2. The molecule has 0 spiro atoms. The molecule has 2 aromatic rings. The molecule has 1 atom stereocenters. The monoisotopic (exact) mass is 372 g/mol. The van der Waals surface area contributed by atoms with Gasteiger partial charge in [-0.2, -0.15) is 5.10 Å². The van der Waals surface area contributed by atoms with Gasteiger partial charge in [-0.05, 0) is 36.8 Å². The molecule has 0 aliphatic carbocycles. The maximum atomic E-state index is 10.3. The van der Waals surface area contributed by atoms with Crippen molar-refractivity contribution in [2.75, 3.05) is 0 Å². The van der Waals surface area contributed by atoms with Crippen LogP contribution in [0.2, 0.25) is 0 Å². The second-order valence-electron chi connectivity index (χ2n) is 4.29. The van der Waals surface area contributed by atoms with E-state index < -0.39 is 6.10 Å². The van der Waals surface area contributed by atoms with Gasteiger partial charge in [0.1, 0.15) is 0 Å². The van der Waals surface area contributed by atoms with Gasteiger partial charge < -0.3 is 5.11 Å². The molecule has 0 aliphatic rings. The molecule has 0 fully saturated rings. The Bertz CT molecular complexity index is 566. The molecule has 0 saturated heterocycles. The zero-order valence-corrected chi connectivity index (χ0v) is 13.4. The first kappa shape index (κ1) is 13.8. The number of aryl methyl sites for hydroxylation is 2. The molecule has 18 heavy (non-hydrogen) atoms. The summed E-state index contributed by atoms with van der Waals surface area (Å²) in [4.78, 5) is 0. The van der Waals surface area contributed by atoms with Crippen molar-refractivity contribution in [3.05, 3.63) is 50.2 Å². The minimum absolute atomic E-state index is 0.548. The predicted molar refractivity (Wildman–Crippen MR) is 78.5 cm³/mol. The highest BCUT2D eigenvalue weighted by molar-refractivity contribution is 9.11. The van der Waals surface area contributed by atoms with E-state index in [1.54, 1.807) is 0 Å². The Kier molecular flexibility index (Phi) is 4.25. The van der Waals surface area contributed by atoms with Crippen LogP contribution >= 0.6 is 31.9 Å². The lowest BCUT2D eigenvalue weighted by Crippen LogP contribution is -2.07. The van der Waals surface area contributed by atoms with E-state index in [-0.39, 0.29) is 0 Å². The van der Waals surface area contributed by atoms with E-state index in [2.05, 4.69) is 37.0 Å². The summed E-state index contributed by atoms with van der Waals surface area (Å²) in [5, 5.41) is 14.6. The first-order chi connectivity index (χ1) is 8.47. The predicted octanol–water partition coefficient (Wildman–Crippen LogP) is 3.53. The van der Waals surface area contributed by atoms with Crippen LogP contribution in [-0.4, -0.2) is 14.9 Å². The lowest BCUT2D eigenvalue weighted by atomic mass is 10.0. The van der Waals surface area contributed by atoms with Crippen molar-refractivity contribution in [1.29, 1.82) is 0 Å². The van der Waals surface area contributed by atoms with Crippen LogP contribution in [0, 0.1) is 6.92 Å². The van der Waals surface area contributed by atoms with Gasteiger partial charge >= 0.3 is 0 Å². The largest absolute Gasteiger partial charge is 0.388 e. The van der Waals surface area contributed by atoms with Gasteiger partial charge in [0.25, 0.3) is 0 Å². The van der Waals surface area contributed by atoms with Crippen molar-refractivity contribution in [3.63, 3.8) is 0 Å². The van der Waals surface area contributed by atoms with Crippen molar-refractivity contribution in [1.82, 2.24) is 9.78 Å². The Morgan fingerprint density at radius 3 is 2.67 bits per heavy atom. The number of halogens is 2. The van der Waals surface area contributed by atoms with Gasteiger partial charge in [0.05, 0.1) is 11.8 Å². The molecule has 96 valence electrons. The van der Waals surface area contributed by atoms with Gasteiger partial charge in [-0.1, -0.05) is 31.9 Å². The van der Waals surface area contributed by atoms with Crippen LogP contribution in [0.25, 0.3) is 0 Å². The number of aromatic nitrogens is 2. The maximum absolute atomic E-state index is 10.3. The van der Waals surface area contributed by atoms with E-state index >= 15 is 0 Å². The van der Waals surface area contributed by atoms with Crippen LogP contribution in [0.15, 0.2) is 33.2 Å². The minimum atomic E-state index is -0.549. The molecule has 3 nitrogen and oxygen atoms in total. The van der Waals surface area contributed by atoms with Gasteiger partial charge in [0.15, 0.2) is 0 Å². The topological polar surface area (TPSA) is 38.0 Å². The normalized spacial score (nSPS) is 12.7. The van der Waals surface area contributed by atoms with Crippen molar-refractivity contribution in [2.45, 2.75) is 19.4 Å². The third-order valence-electron chi connectivity index (χ3n) is 2.82. The highest BCUT2D eigenvalue weighted by Gasteiger charge is 2.15. The summed E-state index contributed by atoms with van der Waals surface area (Å²) < 4.78 is 3.68. The van der Waals surface area contributed by atoms with Crippen LogP contribution in [-0.2, 0) is 13.5 Å². The van der Waals surface area contributed by atoms with E-state index in [0.717, 1.165) is 25.9 Å². The van der Waals surface area contributed by atoms with Crippen LogP contribution < -0.4 is 0 Å². The summed E-state index contributed by atoms with van der Waals surface area (Å²) in [7, 11) is 1.89. The van der Waals surface area contributed by atoms with E-state index in [9.17, 15) is 5.11 Å². The van der Waals surface area contributed by atoms with Crippen molar-refractivity contribution < 1.29 is 5.11 Å². The number of hydrogen-bond donors (Lipinski definition) is 1. The highest BCUT2D eigenvalue weighted by Crippen LogP contribution is 2.29. The number of aliphatic hydroxyl groups is 1. The smallest absolute Gasteiger partial charge is 0.0856 e. The SMILES string of the molecule is Cc1cc(CC(O)c2cc(Br)ccc2Br)n(C)n1. The zero-order chi connectivity index (χ0) is 13.3. The fourth-order valence-corrected chi connectivity index (χ4v) is 2.82. The summed E-state index contributed by atoms with van der Waals surface area (Å²) in [6, 6.07) is 7.79. The van der Waals surface area contributed by atoms with Gasteiger partial charge in [-0.15, -0.1) is 0 Å². The number of nitrogens with zero attached hydrogens (tertiary/aromatic N) is 2. The summed E-state index contributed by atoms with van der Waals surface area (Å²) in [5.74, 6) is 0. The van der Waals surface area contributed by atoms with Gasteiger partial charge in [-0.25, -0.2) is 0 Å². The minimum Gasteiger partial charge on any atom is -0.388 e. The molecule has 0 aliphatic heterocycles. The van der Waals surface area contributed by atoms with Crippen LogP contribution in [0.5, 0.6) is 0 Å². The fourth-order valence-electron chi connectivity index (χ4n) is 1.93. The number of aliphatic hydroxyl groups excluding tert-OH is 1. The highest BCUT2D eigenvalue weighted by atomic mass is 79.9. The molecule has 0 radical (unpaired) electrons. The first-order valence-corrected chi connectivity index (χ1v) is 7.18. The van der Waals surface area contributed by atoms with Crippen molar-refractivity contribution >= 4 is 31.9 Å². The van der Waals surface area contributed by atoms with E-state index in [0.29, 0.717) is 6.42 Å². The average molecular weight is 374 g/mol. The van der Waals surface area contributed by atoms with E-state index in [1.165, 1.54) is 0 Å². The molecule has 1 aromatic carbocycles. The third-order valence-corrected chi connectivity index (χ3v) is 4.03. The Morgan fingerprint density at radius 2 is 2.06 bits per heavy atom. The van der Waals surface area contributed by atoms with Gasteiger partial charge in [0.2, 0.25) is 0 Å². The molecule has 1 unspecified atom stereocenters. The van der Waals surface area contributed by atoms with Crippen molar-refractivity contribution in [2.24, 2.45) is 7.05 Å². The molecule has 1 aromatic heterocycles. The van der Waals surface area contributed by atoms with Crippen molar-refractivity contribution in [3.8, 4) is 0 Å².